The minimum atomic E-state index is 0.915. The molecule has 2 heteroatoms. The molecule has 24 heavy (non-hydrogen) atoms. The molecule has 3 rings (SSSR count). The zero-order valence-electron chi connectivity index (χ0n) is 14.7. The molecule has 0 aromatic heterocycles. The number of para-hydroxylation sites is 2. The van der Waals surface area contributed by atoms with Crippen LogP contribution >= 0.6 is 0 Å². The summed E-state index contributed by atoms with van der Waals surface area (Å²) >= 11 is 0. The summed E-state index contributed by atoms with van der Waals surface area (Å²) in [6.07, 6.45) is 0. The van der Waals surface area contributed by atoms with Crippen molar-refractivity contribution in [2.75, 3.05) is 14.2 Å². The van der Waals surface area contributed by atoms with Gasteiger partial charge in [-0.15, -0.1) is 0 Å². The predicted molar refractivity (Wildman–Crippen MR) is 101 cm³/mol. The zero-order chi connectivity index (χ0) is 17.4. The van der Waals surface area contributed by atoms with Gasteiger partial charge in [-0.3, -0.25) is 0 Å². The van der Waals surface area contributed by atoms with Gasteiger partial charge in [0.1, 0.15) is 11.5 Å². The third kappa shape index (κ3) is 4.39. The molecule has 0 bridgehead atoms. The lowest BCUT2D eigenvalue weighted by Gasteiger charge is -2.07. The Morgan fingerprint density at radius 1 is 0.583 bits per heavy atom. The minimum Gasteiger partial charge on any atom is -0.496 e. The lowest BCUT2D eigenvalue weighted by atomic mass is 10.1. The molecule has 0 N–H and O–H groups in total. The minimum absolute atomic E-state index is 0.915. The molecule has 2 nitrogen and oxygen atoms in total. The molecule has 124 valence electrons. The molecule has 0 aliphatic rings. The highest BCUT2D eigenvalue weighted by Gasteiger charge is 2.02. The van der Waals surface area contributed by atoms with E-state index in [0.29, 0.717) is 0 Å². The first-order chi connectivity index (χ1) is 11.7. The largest absolute Gasteiger partial charge is 0.496 e. The SMILES string of the molecule is COc1c(C)cccc1C.COc1ccccc1-c1ccccc1. The van der Waals surface area contributed by atoms with Gasteiger partial charge < -0.3 is 9.47 Å². The number of rotatable bonds is 3. The van der Waals surface area contributed by atoms with E-state index < -0.39 is 0 Å². The van der Waals surface area contributed by atoms with E-state index in [2.05, 4.69) is 18.2 Å². The zero-order valence-corrected chi connectivity index (χ0v) is 14.7. The molecule has 3 aromatic carbocycles. The lowest BCUT2D eigenvalue weighted by Crippen LogP contribution is -1.89. The third-order valence-electron chi connectivity index (χ3n) is 3.80. The maximum absolute atomic E-state index is 5.30. The first kappa shape index (κ1) is 17.6. The van der Waals surface area contributed by atoms with Crippen molar-refractivity contribution in [1.82, 2.24) is 0 Å². The number of hydrogen-bond acceptors (Lipinski definition) is 2. The van der Waals surface area contributed by atoms with Crippen molar-refractivity contribution in [1.29, 1.82) is 0 Å². The molecule has 0 saturated heterocycles. The molecule has 0 aliphatic carbocycles. The summed E-state index contributed by atoms with van der Waals surface area (Å²) in [5.74, 6) is 1.92. The monoisotopic (exact) mass is 320 g/mol. The van der Waals surface area contributed by atoms with Crippen LogP contribution in [0.15, 0.2) is 72.8 Å². The fraction of sp³-hybridized carbons (Fsp3) is 0.182. The first-order valence-electron chi connectivity index (χ1n) is 7.96. The first-order valence-corrected chi connectivity index (χ1v) is 7.96. The molecular formula is C22H24O2. The second-order valence-electron chi connectivity index (χ2n) is 5.49. The van der Waals surface area contributed by atoms with Crippen LogP contribution in [-0.4, -0.2) is 14.2 Å². The predicted octanol–water partition coefficient (Wildman–Crippen LogP) is 5.67. The van der Waals surface area contributed by atoms with Crippen molar-refractivity contribution in [3.05, 3.63) is 83.9 Å². The smallest absolute Gasteiger partial charge is 0.126 e. The summed E-state index contributed by atoms with van der Waals surface area (Å²) in [7, 11) is 3.40. The Bertz CT molecular complexity index is 744. The second-order valence-corrected chi connectivity index (χ2v) is 5.49. The number of benzene rings is 3. The number of hydrogen-bond donors (Lipinski definition) is 0. The van der Waals surface area contributed by atoms with Crippen LogP contribution in [0.3, 0.4) is 0 Å². The molecular weight excluding hydrogens is 296 g/mol. The molecule has 0 heterocycles. The molecule has 0 fully saturated rings. The summed E-state index contributed by atoms with van der Waals surface area (Å²) in [6, 6.07) is 24.4. The average molecular weight is 320 g/mol. The Hall–Kier alpha value is -2.74. The topological polar surface area (TPSA) is 18.5 Å². The molecule has 0 unspecified atom stereocenters. The van der Waals surface area contributed by atoms with Crippen molar-refractivity contribution < 1.29 is 9.47 Å². The van der Waals surface area contributed by atoms with Crippen LogP contribution < -0.4 is 9.47 Å². The summed E-state index contributed by atoms with van der Waals surface area (Å²) in [5.41, 5.74) is 4.71. The summed E-state index contributed by atoms with van der Waals surface area (Å²) in [4.78, 5) is 0. The van der Waals surface area contributed by atoms with E-state index >= 15 is 0 Å². The summed E-state index contributed by atoms with van der Waals surface area (Å²) in [5, 5.41) is 0. The van der Waals surface area contributed by atoms with Crippen molar-refractivity contribution in [2.45, 2.75) is 13.8 Å². The van der Waals surface area contributed by atoms with E-state index in [1.807, 2.05) is 68.4 Å². The standard InChI is InChI=1S/C13H12O.C9H12O/c1-14-13-10-6-5-9-12(13)11-7-3-2-4-8-11;1-7-5-4-6-8(2)9(7)10-3/h2-10H,1H3;4-6H,1-3H3. The van der Waals surface area contributed by atoms with E-state index in [1.165, 1.54) is 16.7 Å². The van der Waals surface area contributed by atoms with Crippen molar-refractivity contribution in [2.24, 2.45) is 0 Å². The van der Waals surface area contributed by atoms with Crippen molar-refractivity contribution in [3.63, 3.8) is 0 Å². The van der Waals surface area contributed by atoms with Crippen molar-refractivity contribution >= 4 is 0 Å². The molecule has 0 atom stereocenters. The third-order valence-corrected chi connectivity index (χ3v) is 3.80. The Kier molecular flexibility index (Phi) is 6.44. The van der Waals surface area contributed by atoms with Crippen LogP contribution in [0, 0.1) is 13.8 Å². The van der Waals surface area contributed by atoms with E-state index in [9.17, 15) is 0 Å². The van der Waals surface area contributed by atoms with Gasteiger partial charge in [0.2, 0.25) is 0 Å². The fourth-order valence-corrected chi connectivity index (χ4v) is 2.62. The van der Waals surface area contributed by atoms with Gasteiger partial charge in [-0.1, -0.05) is 66.7 Å². The Labute approximate surface area is 144 Å². The number of methoxy groups -OCH3 is 2. The van der Waals surface area contributed by atoms with Gasteiger partial charge in [-0.2, -0.15) is 0 Å². The van der Waals surface area contributed by atoms with E-state index in [1.54, 1.807) is 14.2 Å². The Morgan fingerprint density at radius 3 is 1.71 bits per heavy atom. The second kappa shape index (κ2) is 8.78. The van der Waals surface area contributed by atoms with Crippen LogP contribution in [-0.2, 0) is 0 Å². The Balaban J connectivity index is 0.000000185. The molecule has 0 saturated carbocycles. The van der Waals surface area contributed by atoms with E-state index in [-0.39, 0.29) is 0 Å². The highest BCUT2D eigenvalue weighted by Crippen LogP contribution is 2.28. The van der Waals surface area contributed by atoms with Crippen LogP contribution in [0.5, 0.6) is 11.5 Å². The normalized spacial score (nSPS) is 9.67. The Morgan fingerprint density at radius 2 is 1.17 bits per heavy atom. The molecule has 0 spiro atoms. The van der Waals surface area contributed by atoms with Crippen LogP contribution in [0.2, 0.25) is 0 Å². The number of ether oxygens (including phenoxy) is 2. The quantitative estimate of drug-likeness (QED) is 0.618. The van der Waals surface area contributed by atoms with Gasteiger partial charge in [0.15, 0.2) is 0 Å². The molecule has 0 aliphatic heterocycles. The van der Waals surface area contributed by atoms with Gasteiger partial charge >= 0.3 is 0 Å². The number of aryl methyl sites for hydroxylation is 2. The summed E-state index contributed by atoms with van der Waals surface area (Å²) < 4.78 is 10.5. The van der Waals surface area contributed by atoms with Gasteiger partial charge in [0.25, 0.3) is 0 Å². The molecule has 3 aromatic rings. The van der Waals surface area contributed by atoms with Gasteiger partial charge in [-0.25, -0.2) is 0 Å². The van der Waals surface area contributed by atoms with Gasteiger partial charge in [0.05, 0.1) is 14.2 Å². The lowest BCUT2D eigenvalue weighted by molar-refractivity contribution is 0.408. The maximum atomic E-state index is 5.30. The fourth-order valence-electron chi connectivity index (χ4n) is 2.62. The van der Waals surface area contributed by atoms with Gasteiger partial charge in [0, 0.05) is 5.56 Å². The summed E-state index contributed by atoms with van der Waals surface area (Å²) in [6.45, 7) is 4.09. The van der Waals surface area contributed by atoms with Crippen LogP contribution in [0.1, 0.15) is 11.1 Å². The molecule has 0 radical (unpaired) electrons. The van der Waals surface area contributed by atoms with Crippen LogP contribution in [0.4, 0.5) is 0 Å². The highest BCUT2D eigenvalue weighted by atomic mass is 16.5. The average Bonchev–Trinajstić information content (AvgIpc) is 2.63. The molecule has 0 amide bonds. The van der Waals surface area contributed by atoms with Crippen LogP contribution in [0.25, 0.3) is 11.1 Å². The highest BCUT2D eigenvalue weighted by molar-refractivity contribution is 5.70. The van der Waals surface area contributed by atoms with E-state index in [0.717, 1.165) is 17.1 Å². The van der Waals surface area contributed by atoms with E-state index in [4.69, 9.17) is 9.47 Å². The van der Waals surface area contributed by atoms with Gasteiger partial charge in [-0.05, 0) is 36.6 Å². The maximum Gasteiger partial charge on any atom is 0.126 e. The van der Waals surface area contributed by atoms with Crippen molar-refractivity contribution in [3.8, 4) is 22.6 Å².